The summed E-state index contributed by atoms with van der Waals surface area (Å²) in [7, 11) is 0. The Kier molecular flexibility index (Phi) is 3.17. The van der Waals surface area contributed by atoms with Gasteiger partial charge < -0.3 is 10.6 Å². The van der Waals surface area contributed by atoms with Crippen molar-refractivity contribution in [2.45, 2.75) is 36.3 Å². The Labute approximate surface area is 82.6 Å². The Bertz CT molecular complexity index is 124. The highest BCUT2D eigenvalue weighted by atomic mass is 127. The lowest BCUT2D eigenvalue weighted by Crippen LogP contribution is -2.48. The van der Waals surface area contributed by atoms with Crippen LogP contribution in [-0.4, -0.2) is 27.6 Å². The zero-order chi connectivity index (χ0) is 8.48. The van der Waals surface area contributed by atoms with E-state index in [1.807, 2.05) is 0 Å². The summed E-state index contributed by atoms with van der Waals surface area (Å²) in [6.45, 7) is 6.82. The van der Waals surface area contributed by atoms with Crippen LogP contribution in [0.25, 0.3) is 0 Å². The average molecular weight is 268 g/mol. The number of likely N-dealkylation sites (tertiary alicyclic amines) is 1. The topological polar surface area (TPSA) is 29.3 Å². The Morgan fingerprint density at radius 2 is 1.82 bits per heavy atom. The summed E-state index contributed by atoms with van der Waals surface area (Å²) in [6.07, 6.45) is 2.26. The van der Waals surface area contributed by atoms with Gasteiger partial charge in [0.2, 0.25) is 0 Å². The third kappa shape index (κ3) is 2.87. The molecule has 0 aliphatic carbocycles. The quantitative estimate of drug-likeness (QED) is 0.444. The van der Waals surface area contributed by atoms with Crippen LogP contribution in [0.3, 0.4) is 0 Å². The fourth-order valence-electron chi connectivity index (χ4n) is 1.41. The third-order valence-corrected chi connectivity index (χ3v) is 3.44. The Balaban J connectivity index is 2.36. The average Bonchev–Trinajstić information content (AvgIpc) is 1.86. The van der Waals surface area contributed by atoms with Gasteiger partial charge in [-0.25, -0.2) is 0 Å². The van der Waals surface area contributed by atoms with Crippen LogP contribution in [0.1, 0.15) is 26.7 Å². The summed E-state index contributed by atoms with van der Waals surface area (Å²) >= 11 is 2.38. The summed E-state index contributed by atoms with van der Waals surface area (Å²) in [6, 6.07) is 0.683. The lowest BCUT2D eigenvalue weighted by atomic mass is 10.0. The van der Waals surface area contributed by atoms with Crippen molar-refractivity contribution in [1.29, 1.82) is 0 Å². The molecule has 0 saturated carbocycles. The number of nitrogens with zero attached hydrogens (tertiary/aromatic N) is 1. The Morgan fingerprint density at radius 3 is 2.18 bits per heavy atom. The first kappa shape index (κ1) is 9.74. The largest absolute Gasteiger partial charge is 0.317 e. The molecule has 1 aliphatic heterocycles. The van der Waals surface area contributed by atoms with Gasteiger partial charge in [0.05, 0.1) is 3.55 Å². The summed E-state index contributed by atoms with van der Waals surface area (Å²) < 4.78 is 0.0726. The van der Waals surface area contributed by atoms with Gasteiger partial charge in [0, 0.05) is 19.1 Å². The van der Waals surface area contributed by atoms with Gasteiger partial charge in [-0.05, 0) is 26.7 Å². The van der Waals surface area contributed by atoms with Crippen molar-refractivity contribution in [3.05, 3.63) is 0 Å². The van der Waals surface area contributed by atoms with E-state index in [-0.39, 0.29) is 3.55 Å². The van der Waals surface area contributed by atoms with E-state index in [9.17, 15) is 0 Å². The number of piperidine rings is 1. The maximum atomic E-state index is 6.00. The van der Waals surface area contributed by atoms with Crippen LogP contribution in [0, 0.1) is 0 Å². The van der Waals surface area contributed by atoms with Crippen molar-refractivity contribution >= 4 is 22.6 Å². The molecule has 0 atom stereocenters. The van der Waals surface area contributed by atoms with E-state index >= 15 is 0 Å². The number of nitrogens with two attached hydrogens (primary N) is 1. The lowest BCUT2D eigenvalue weighted by Gasteiger charge is -2.37. The smallest absolute Gasteiger partial charge is 0.0705 e. The minimum absolute atomic E-state index is 0.0726. The maximum absolute atomic E-state index is 6.00. The Morgan fingerprint density at radius 1 is 1.36 bits per heavy atom. The molecule has 1 heterocycles. The van der Waals surface area contributed by atoms with Crippen molar-refractivity contribution in [2.24, 2.45) is 5.73 Å². The number of halogens is 1. The van der Waals surface area contributed by atoms with Crippen LogP contribution in [0.4, 0.5) is 0 Å². The predicted octanol–water partition coefficient (Wildman–Crippen LogP) is 1.58. The van der Waals surface area contributed by atoms with Crippen molar-refractivity contribution in [3.8, 4) is 0 Å². The number of hydrogen-bond acceptors (Lipinski definition) is 2. The van der Waals surface area contributed by atoms with Crippen LogP contribution in [0.5, 0.6) is 0 Å². The first-order chi connectivity index (χ1) is 5.01. The van der Waals surface area contributed by atoms with E-state index in [2.05, 4.69) is 41.3 Å². The number of hydrogen-bond donors (Lipinski definition) is 1. The number of alkyl halides is 1. The molecular weight excluding hydrogens is 251 g/mol. The second kappa shape index (κ2) is 3.58. The van der Waals surface area contributed by atoms with Crippen molar-refractivity contribution in [3.63, 3.8) is 0 Å². The van der Waals surface area contributed by atoms with E-state index < -0.39 is 0 Å². The maximum Gasteiger partial charge on any atom is 0.0705 e. The van der Waals surface area contributed by atoms with E-state index in [1.165, 1.54) is 0 Å². The molecule has 0 spiro atoms. The van der Waals surface area contributed by atoms with Crippen molar-refractivity contribution in [2.75, 3.05) is 13.1 Å². The molecule has 0 unspecified atom stereocenters. The van der Waals surface area contributed by atoms with Gasteiger partial charge in [-0.15, -0.1) is 0 Å². The molecule has 1 saturated heterocycles. The van der Waals surface area contributed by atoms with E-state index in [4.69, 9.17) is 5.73 Å². The number of rotatable bonds is 1. The van der Waals surface area contributed by atoms with Crippen LogP contribution in [0.2, 0.25) is 0 Å². The van der Waals surface area contributed by atoms with Crippen LogP contribution < -0.4 is 5.73 Å². The molecule has 1 fully saturated rings. The van der Waals surface area contributed by atoms with Crippen LogP contribution >= 0.6 is 22.6 Å². The molecule has 0 amide bonds. The summed E-state index contributed by atoms with van der Waals surface area (Å²) in [4.78, 5) is 2.49. The van der Waals surface area contributed by atoms with E-state index in [1.54, 1.807) is 0 Å². The highest BCUT2D eigenvalue weighted by Gasteiger charge is 2.28. The van der Waals surface area contributed by atoms with Gasteiger partial charge in [0.1, 0.15) is 0 Å². The molecule has 0 radical (unpaired) electrons. The van der Waals surface area contributed by atoms with Crippen molar-refractivity contribution in [1.82, 2.24) is 4.90 Å². The molecule has 0 aromatic carbocycles. The van der Waals surface area contributed by atoms with Crippen LogP contribution in [-0.2, 0) is 0 Å². The standard InChI is InChI=1S/C8H17IN2/c1-7(2)11-5-3-8(9,10)4-6-11/h7H,3-6,10H2,1-2H3. The molecule has 3 heteroatoms. The zero-order valence-corrected chi connectivity index (χ0v) is 9.47. The van der Waals surface area contributed by atoms with Gasteiger partial charge in [-0.2, -0.15) is 0 Å². The molecule has 1 aliphatic rings. The van der Waals surface area contributed by atoms with Gasteiger partial charge in [-0.1, -0.05) is 22.6 Å². The van der Waals surface area contributed by atoms with Gasteiger partial charge in [0.15, 0.2) is 0 Å². The first-order valence-corrected chi connectivity index (χ1v) is 5.31. The highest BCUT2D eigenvalue weighted by Crippen LogP contribution is 2.26. The van der Waals surface area contributed by atoms with E-state index in [0.717, 1.165) is 25.9 Å². The summed E-state index contributed by atoms with van der Waals surface area (Å²) in [5, 5.41) is 0. The lowest BCUT2D eigenvalue weighted by molar-refractivity contribution is 0.168. The molecule has 66 valence electrons. The minimum Gasteiger partial charge on any atom is -0.317 e. The first-order valence-electron chi connectivity index (χ1n) is 4.23. The Hall–Kier alpha value is 0.650. The van der Waals surface area contributed by atoms with Gasteiger partial charge >= 0.3 is 0 Å². The second-order valence-corrected chi connectivity index (χ2v) is 5.81. The predicted molar refractivity (Wildman–Crippen MR) is 56.9 cm³/mol. The van der Waals surface area contributed by atoms with E-state index in [0.29, 0.717) is 6.04 Å². The normalized spacial score (nSPS) is 25.9. The second-order valence-electron chi connectivity index (χ2n) is 3.66. The summed E-state index contributed by atoms with van der Waals surface area (Å²) in [5.41, 5.74) is 6.00. The van der Waals surface area contributed by atoms with Gasteiger partial charge in [0.25, 0.3) is 0 Å². The molecule has 2 nitrogen and oxygen atoms in total. The van der Waals surface area contributed by atoms with Crippen LogP contribution in [0.15, 0.2) is 0 Å². The molecule has 1 rings (SSSR count). The minimum atomic E-state index is 0.0726. The monoisotopic (exact) mass is 268 g/mol. The highest BCUT2D eigenvalue weighted by molar-refractivity contribution is 14.1. The third-order valence-electron chi connectivity index (χ3n) is 2.36. The fourth-order valence-corrected chi connectivity index (χ4v) is 1.89. The molecule has 2 N–H and O–H groups in total. The zero-order valence-electron chi connectivity index (χ0n) is 7.31. The molecule has 0 aromatic heterocycles. The molecule has 0 bridgehead atoms. The summed E-state index contributed by atoms with van der Waals surface area (Å²) in [5.74, 6) is 0. The molecule has 0 aromatic rings. The van der Waals surface area contributed by atoms with Gasteiger partial charge in [-0.3, -0.25) is 0 Å². The SMILES string of the molecule is CC(C)N1CCC(N)(I)CC1. The van der Waals surface area contributed by atoms with Crippen molar-refractivity contribution < 1.29 is 0 Å². The fraction of sp³-hybridized carbons (Fsp3) is 1.00. The molecular formula is C8H17IN2. The molecule has 11 heavy (non-hydrogen) atoms.